The van der Waals surface area contributed by atoms with Crippen molar-refractivity contribution in [2.24, 2.45) is 12.8 Å². The molecule has 0 saturated heterocycles. The van der Waals surface area contributed by atoms with Crippen LogP contribution in [0.1, 0.15) is 23.7 Å². The molecule has 4 aromatic rings. The average Bonchev–Trinajstić information content (AvgIpc) is 3.18. The lowest BCUT2D eigenvalue weighted by Crippen LogP contribution is -2.09. The molecule has 0 aliphatic rings. The largest absolute Gasteiger partial charge is 0.497 e. The number of fused-ring (bicyclic) bond motifs is 1. The summed E-state index contributed by atoms with van der Waals surface area (Å²) < 4.78 is 33.2. The van der Waals surface area contributed by atoms with Crippen LogP contribution in [-0.2, 0) is 36.2 Å². The summed E-state index contributed by atoms with van der Waals surface area (Å²) in [7, 11) is 3.41. The van der Waals surface area contributed by atoms with Crippen LogP contribution in [0.2, 0.25) is 0 Å². The number of nitrogens with two attached hydrogens (primary N) is 1. The van der Waals surface area contributed by atoms with Crippen LogP contribution in [0.15, 0.2) is 54.6 Å². The lowest BCUT2D eigenvalue weighted by molar-refractivity contribution is -0.142. The number of aromatic nitrogens is 2. The minimum absolute atomic E-state index is 0.0804. The molecule has 35 heavy (non-hydrogen) atoms. The van der Waals surface area contributed by atoms with Crippen molar-refractivity contribution >= 4 is 16.9 Å². The number of benzene rings is 3. The molecule has 0 aliphatic carbocycles. The van der Waals surface area contributed by atoms with E-state index in [9.17, 15) is 9.18 Å². The van der Waals surface area contributed by atoms with Gasteiger partial charge in [-0.3, -0.25) is 9.48 Å². The van der Waals surface area contributed by atoms with Gasteiger partial charge >= 0.3 is 5.97 Å². The fourth-order valence-corrected chi connectivity index (χ4v) is 4.03. The minimum atomic E-state index is -0.336. The predicted octanol–water partition coefficient (Wildman–Crippen LogP) is 4.53. The van der Waals surface area contributed by atoms with E-state index in [0.29, 0.717) is 40.5 Å². The van der Waals surface area contributed by atoms with E-state index in [1.165, 1.54) is 0 Å². The molecule has 0 aliphatic heterocycles. The Balaban J connectivity index is 1.67. The minimum Gasteiger partial charge on any atom is -0.497 e. The number of aryl methyl sites for hydroxylation is 1. The molecule has 1 aromatic heterocycles. The van der Waals surface area contributed by atoms with Crippen molar-refractivity contribution in [3.8, 4) is 22.6 Å². The van der Waals surface area contributed by atoms with E-state index in [-0.39, 0.29) is 31.4 Å². The Hall–Kier alpha value is -3.91. The van der Waals surface area contributed by atoms with Gasteiger partial charge in [-0.05, 0) is 30.7 Å². The first kappa shape index (κ1) is 24.2. The van der Waals surface area contributed by atoms with Gasteiger partial charge in [-0.25, -0.2) is 4.39 Å². The number of carbonyl (C=O) groups is 1. The van der Waals surface area contributed by atoms with E-state index < -0.39 is 0 Å². The summed E-state index contributed by atoms with van der Waals surface area (Å²) in [6, 6.07) is 16.2. The lowest BCUT2D eigenvalue weighted by atomic mass is 10.00. The molecule has 1 heterocycles. The number of halogens is 1. The summed E-state index contributed by atoms with van der Waals surface area (Å²) in [4.78, 5) is 12.1. The van der Waals surface area contributed by atoms with Gasteiger partial charge in [0.05, 0.1) is 25.7 Å². The third kappa shape index (κ3) is 5.12. The average molecular weight is 478 g/mol. The summed E-state index contributed by atoms with van der Waals surface area (Å²) in [5.41, 5.74) is 9.61. The van der Waals surface area contributed by atoms with Gasteiger partial charge < -0.3 is 19.9 Å². The number of hydrogen-bond acceptors (Lipinski definition) is 6. The summed E-state index contributed by atoms with van der Waals surface area (Å²) in [5.74, 6) is 0.457. The van der Waals surface area contributed by atoms with Crippen LogP contribution in [0.25, 0.3) is 22.0 Å². The van der Waals surface area contributed by atoms with Gasteiger partial charge in [-0.15, -0.1) is 0 Å². The molecule has 2 N–H and O–H groups in total. The summed E-state index contributed by atoms with van der Waals surface area (Å²) in [6.45, 7) is 2.35. The molecule has 182 valence electrons. The van der Waals surface area contributed by atoms with Crippen molar-refractivity contribution in [3.63, 3.8) is 0 Å². The van der Waals surface area contributed by atoms with Gasteiger partial charge in [-0.1, -0.05) is 30.3 Å². The quantitative estimate of drug-likeness (QED) is 0.356. The van der Waals surface area contributed by atoms with E-state index in [0.717, 1.165) is 16.5 Å². The van der Waals surface area contributed by atoms with E-state index in [1.54, 1.807) is 55.1 Å². The number of hydrogen-bond donors (Lipinski definition) is 1. The molecular weight excluding hydrogens is 449 g/mol. The number of methoxy groups -OCH3 is 1. The molecule has 8 heteroatoms. The zero-order valence-corrected chi connectivity index (χ0v) is 20.0. The number of ether oxygens (including phenoxy) is 3. The maximum absolute atomic E-state index is 14.9. The van der Waals surface area contributed by atoms with Crippen molar-refractivity contribution in [2.45, 2.75) is 26.5 Å². The Morgan fingerprint density at radius 2 is 1.94 bits per heavy atom. The Labute approximate surface area is 203 Å². The highest BCUT2D eigenvalue weighted by Gasteiger charge is 2.16. The molecule has 0 bridgehead atoms. The fraction of sp³-hybridized carbons (Fsp3) is 0.259. The topological polar surface area (TPSA) is 88.6 Å². The molecule has 0 saturated carbocycles. The Morgan fingerprint density at radius 1 is 1.11 bits per heavy atom. The summed E-state index contributed by atoms with van der Waals surface area (Å²) >= 11 is 0. The monoisotopic (exact) mass is 477 g/mol. The number of nitrogens with zero attached hydrogens (tertiary/aromatic N) is 2. The lowest BCUT2D eigenvalue weighted by Gasteiger charge is -2.12. The molecule has 3 aromatic carbocycles. The second-order valence-electron chi connectivity index (χ2n) is 8.03. The van der Waals surface area contributed by atoms with Crippen molar-refractivity contribution in [1.82, 2.24) is 9.78 Å². The second kappa shape index (κ2) is 10.6. The van der Waals surface area contributed by atoms with Crippen LogP contribution in [0.5, 0.6) is 11.5 Å². The summed E-state index contributed by atoms with van der Waals surface area (Å²) in [5, 5.41) is 5.46. The first-order valence-corrected chi connectivity index (χ1v) is 11.3. The van der Waals surface area contributed by atoms with Crippen LogP contribution < -0.4 is 15.2 Å². The zero-order chi connectivity index (χ0) is 24.9. The molecule has 7 nitrogen and oxygen atoms in total. The maximum atomic E-state index is 14.9. The Morgan fingerprint density at radius 3 is 2.69 bits per heavy atom. The molecule has 0 spiro atoms. The van der Waals surface area contributed by atoms with Crippen molar-refractivity contribution in [3.05, 3.63) is 77.2 Å². The van der Waals surface area contributed by atoms with E-state index >= 15 is 0 Å². The molecular formula is C27H28FN3O4. The van der Waals surface area contributed by atoms with Crippen molar-refractivity contribution in [1.29, 1.82) is 0 Å². The first-order valence-electron chi connectivity index (χ1n) is 11.3. The van der Waals surface area contributed by atoms with E-state index in [4.69, 9.17) is 19.9 Å². The zero-order valence-electron chi connectivity index (χ0n) is 20.0. The number of rotatable bonds is 9. The van der Waals surface area contributed by atoms with Crippen molar-refractivity contribution < 1.29 is 23.4 Å². The highest BCUT2D eigenvalue weighted by atomic mass is 19.1. The predicted molar refractivity (Wildman–Crippen MR) is 132 cm³/mol. The normalized spacial score (nSPS) is 11.0. The van der Waals surface area contributed by atoms with Crippen LogP contribution in [0.3, 0.4) is 0 Å². The van der Waals surface area contributed by atoms with Gasteiger partial charge in [0, 0.05) is 41.7 Å². The molecule has 0 radical (unpaired) electrons. The van der Waals surface area contributed by atoms with Gasteiger partial charge in [0.15, 0.2) is 0 Å². The van der Waals surface area contributed by atoms with Crippen LogP contribution in [0.4, 0.5) is 4.39 Å². The fourth-order valence-electron chi connectivity index (χ4n) is 4.03. The van der Waals surface area contributed by atoms with Gasteiger partial charge in [-0.2, -0.15) is 5.10 Å². The molecule has 0 unspecified atom stereocenters. The van der Waals surface area contributed by atoms with Crippen LogP contribution >= 0.6 is 0 Å². The van der Waals surface area contributed by atoms with Gasteiger partial charge in [0.1, 0.15) is 29.6 Å². The van der Waals surface area contributed by atoms with Gasteiger partial charge in [0.2, 0.25) is 0 Å². The van der Waals surface area contributed by atoms with E-state index in [2.05, 4.69) is 5.10 Å². The SMILES string of the molecule is CCOC(=O)Cc1ccc(OC)cc1OCc1nn(C)c2ccc(-c3cccc(CN)c3F)cc12. The third-order valence-corrected chi connectivity index (χ3v) is 5.82. The number of esters is 1. The molecule has 0 atom stereocenters. The van der Waals surface area contributed by atoms with Crippen molar-refractivity contribution in [2.75, 3.05) is 13.7 Å². The smallest absolute Gasteiger partial charge is 0.310 e. The third-order valence-electron chi connectivity index (χ3n) is 5.82. The standard InChI is InChI=1S/C27H28FN3O4/c1-4-34-26(32)13-18-8-10-20(33-3)14-25(18)35-16-23-22-12-17(9-11-24(22)31(2)30-23)21-7-5-6-19(15-29)27(21)28/h5-12,14H,4,13,15-16,29H2,1-3H3. The Bertz CT molecular complexity index is 1370. The number of carbonyl (C=O) groups excluding carboxylic acids is 1. The highest BCUT2D eigenvalue weighted by Crippen LogP contribution is 2.31. The Kier molecular flexibility index (Phi) is 7.31. The highest BCUT2D eigenvalue weighted by molar-refractivity contribution is 5.87. The molecule has 4 rings (SSSR count). The van der Waals surface area contributed by atoms with Gasteiger partial charge in [0.25, 0.3) is 0 Å². The first-order chi connectivity index (χ1) is 16.9. The second-order valence-corrected chi connectivity index (χ2v) is 8.03. The summed E-state index contributed by atoms with van der Waals surface area (Å²) in [6.07, 6.45) is 0.0804. The van der Waals surface area contributed by atoms with Crippen LogP contribution in [-0.4, -0.2) is 29.5 Å². The molecule has 0 amide bonds. The van der Waals surface area contributed by atoms with Crippen LogP contribution in [0, 0.1) is 5.82 Å². The molecule has 0 fully saturated rings. The van der Waals surface area contributed by atoms with E-state index in [1.807, 2.05) is 25.2 Å². The maximum Gasteiger partial charge on any atom is 0.310 e.